The number of carbonyl (C=O) groups is 1. The molecule has 2 heterocycles. The van der Waals surface area contributed by atoms with Crippen molar-refractivity contribution in [1.29, 1.82) is 0 Å². The second kappa shape index (κ2) is 10.8. The summed E-state index contributed by atoms with van der Waals surface area (Å²) in [6, 6.07) is 16.3. The maximum atomic E-state index is 12.1. The van der Waals surface area contributed by atoms with Crippen LogP contribution in [0.15, 0.2) is 71.5 Å². The molecular formula is C26H29N3O4. The molecule has 0 fully saturated rings. The number of hydrogen-bond donors (Lipinski definition) is 1. The Kier molecular flexibility index (Phi) is 7.42. The molecule has 0 bridgehead atoms. The van der Waals surface area contributed by atoms with Crippen LogP contribution in [0.4, 0.5) is 0 Å². The number of rotatable bonds is 9. The molecule has 0 saturated carbocycles. The topological polar surface area (TPSA) is 74.1 Å². The number of benzene rings is 2. The fraction of sp³-hybridized carbons (Fsp3) is 0.308. The number of ether oxygens (including phenoxy) is 2. The van der Waals surface area contributed by atoms with Crippen LogP contribution in [0.3, 0.4) is 0 Å². The van der Waals surface area contributed by atoms with Crippen molar-refractivity contribution in [3.05, 3.63) is 77.5 Å². The van der Waals surface area contributed by atoms with Gasteiger partial charge < -0.3 is 24.2 Å². The van der Waals surface area contributed by atoms with Crippen molar-refractivity contribution in [3.63, 3.8) is 0 Å². The van der Waals surface area contributed by atoms with E-state index in [4.69, 9.17) is 14.3 Å². The summed E-state index contributed by atoms with van der Waals surface area (Å²) in [7, 11) is 1.87. The number of aromatic nitrogens is 1. The molecule has 7 heteroatoms. The van der Waals surface area contributed by atoms with E-state index in [1.807, 2.05) is 55.1 Å². The third-order valence-corrected chi connectivity index (χ3v) is 5.54. The molecule has 7 nitrogen and oxygen atoms in total. The maximum Gasteiger partial charge on any atom is 0.258 e. The van der Waals surface area contributed by atoms with Gasteiger partial charge in [-0.2, -0.15) is 0 Å². The number of nitrogens with one attached hydrogen (secondary N) is 1. The quantitative estimate of drug-likeness (QED) is 0.306. The third-order valence-electron chi connectivity index (χ3n) is 5.54. The van der Waals surface area contributed by atoms with Gasteiger partial charge in [0.1, 0.15) is 6.61 Å². The molecule has 0 radical (unpaired) electrons. The summed E-state index contributed by atoms with van der Waals surface area (Å²) >= 11 is 0. The highest BCUT2D eigenvalue weighted by Gasteiger charge is 2.11. The minimum absolute atomic E-state index is 0.0459. The molecule has 0 atom stereocenters. The van der Waals surface area contributed by atoms with Crippen LogP contribution >= 0.6 is 0 Å². The zero-order valence-electron chi connectivity index (χ0n) is 19.0. The molecule has 1 aromatic heterocycles. The van der Waals surface area contributed by atoms with Crippen molar-refractivity contribution < 1.29 is 19.1 Å². The molecule has 3 aromatic rings. The van der Waals surface area contributed by atoms with Crippen LogP contribution in [0.25, 0.3) is 10.8 Å². The standard InChI is InChI=1S/C26H29N3O4/c1-19(28-33-17-21-7-8-22-5-3-4-6-23(22)13-21)24-14-26(29(2)16-24)32-18-25(30)27-15-20-9-11-31-12-10-20/h3-9,13-14,16H,10-12,15,17-18H2,1-2H3,(H,27,30)/b28-19+. The Hall–Kier alpha value is -3.58. The molecule has 172 valence electrons. The largest absolute Gasteiger partial charge is 0.469 e. The van der Waals surface area contributed by atoms with E-state index in [9.17, 15) is 4.79 Å². The summed E-state index contributed by atoms with van der Waals surface area (Å²) in [6.45, 7) is 4.08. The predicted molar refractivity (Wildman–Crippen MR) is 128 cm³/mol. The Bertz CT molecular complexity index is 1180. The second-order valence-corrected chi connectivity index (χ2v) is 8.06. The highest BCUT2D eigenvalue weighted by Crippen LogP contribution is 2.18. The third kappa shape index (κ3) is 6.23. The van der Waals surface area contributed by atoms with Crippen LogP contribution < -0.4 is 10.1 Å². The average molecular weight is 448 g/mol. The number of oxime groups is 1. The summed E-state index contributed by atoms with van der Waals surface area (Å²) in [6.07, 6.45) is 4.76. The van der Waals surface area contributed by atoms with Gasteiger partial charge in [0.25, 0.3) is 5.91 Å². The zero-order chi connectivity index (χ0) is 23.0. The van der Waals surface area contributed by atoms with E-state index in [-0.39, 0.29) is 12.5 Å². The lowest BCUT2D eigenvalue weighted by atomic mass is 10.1. The minimum Gasteiger partial charge on any atom is -0.469 e. The van der Waals surface area contributed by atoms with Gasteiger partial charge in [-0.3, -0.25) is 4.79 Å². The fourth-order valence-corrected chi connectivity index (χ4v) is 3.60. The van der Waals surface area contributed by atoms with E-state index in [0.29, 0.717) is 32.2 Å². The SMILES string of the molecule is C/C(=N\OCc1ccc2ccccc2c1)c1cc(OCC(=O)NCC2=CCOCC2)n(C)c1. The Morgan fingerprint density at radius 3 is 2.85 bits per heavy atom. The van der Waals surface area contributed by atoms with E-state index in [2.05, 4.69) is 34.7 Å². The Balaban J connectivity index is 1.27. The molecule has 0 spiro atoms. The van der Waals surface area contributed by atoms with Crippen molar-refractivity contribution in [1.82, 2.24) is 9.88 Å². The van der Waals surface area contributed by atoms with Crippen molar-refractivity contribution in [3.8, 4) is 5.88 Å². The van der Waals surface area contributed by atoms with Gasteiger partial charge >= 0.3 is 0 Å². The molecule has 1 aliphatic heterocycles. The average Bonchev–Trinajstić information content (AvgIpc) is 3.22. The maximum absolute atomic E-state index is 12.1. The second-order valence-electron chi connectivity index (χ2n) is 8.06. The Labute approximate surface area is 193 Å². The molecule has 0 aliphatic carbocycles. The molecular weight excluding hydrogens is 418 g/mol. The van der Waals surface area contributed by atoms with Gasteiger partial charge in [-0.05, 0) is 35.7 Å². The molecule has 1 amide bonds. The Morgan fingerprint density at radius 2 is 2.03 bits per heavy atom. The van der Waals surface area contributed by atoms with Gasteiger partial charge in [-0.1, -0.05) is 53.2 Å². The lowest BCUT2D eigenvalue weighted by Crippen LogP contribution is -2.31. The number of nitrogens with zero attached hydrogens (tertiary/aromatic N) is 2. The summed E-state index contributed by atoms with van der Waals surface area (Å²) in [5.74, 6) is 0.434. The van der Waals surface area contributed by atoms with Crippen molar-refractivity contribution in [2.75, 3.05) is 26.4 Å². The van der Waals surface area contributed by atoms with Crippen LogP contribution in [-0.2, 0) is 28.0 Å². The van der Waals surface area contributed by atoms with E-state index in [0.717, 1.165) is 23.3 Å². The first-order chi connectivity index (χ1) is 16.1. The first-order valence-electron chi connectivity index (χ1n) is 11.0. The van der Waals surface area contributed by atoms with E-state index in [1.54, 1.807) is 0 Å². The monoisotopic (exact) mass is 447 g/mol. The molecule has 33 heavy (non-hydrogen) atoms. The first kappa shape index (κ1) is 22.6. The van der Waals surface area contributed by atoms with E-state index in [1.165, 1.54) is 16.3 Å². The normalized spacial score (nSPS) is 14.1. The summed E-state index contributed by atoms with van der Waals surface area (Å²) < 4.78 is 12.8. The van der Waals surface area contributed by atoms with Crippen LogP contribution in [-0.4, -0.2) is 42.6 Å². The number of hydrogen-bond acceptors (Lipinski definition) is 5. The molecule has 1 N–H and O–H groups in total. The summed E-state index contributed by atoms with van der Waals surface area (Å²) in [4.78, 5) is 17.7. The lowest BCUT2D eigenvalue weighted by molar-refractivity contribution is -0.123. The van der Waals surface area contributed by atoms with E-state index < -0.39 is 0 Å². The highest BCUT2D eigenvalue weighted by molar-refractivity contribution is 5.98. The van der Waals surface area contributed by atoms with Gasteiger partial charge in [0.15, 0.2) is 12.5 Å². The van der Waals surface area contributed by atoms with Crippen molar-refractivity contribution in [2.45, 2.75) is 20.0 Å². The molecule has 2 aromatic carbocycles. The number of fused-ring (bicyclic) bond motifs is 1. The highest BCUT2D eigenvalue weighted by atomic mass is 16.6. The molecule has 0 unspecified atom stereocenters. The molecule has 0 saturated heterocycles. The number of carbonyl (C=O) groups excluding carboxylic acids is 1. The minimum atomic E-state index is -0.158. The Morgan fingerprint density at radius 1 is 1.18 bits per heavy atom. The number of amides is 1. The molecule has 1 aliphatic rings. The molecule has 4 rings (SSSR count). The number of aryl methyl sites for hydroxylation is 1. The van der Waals surface area contributed by atoms with Crippen molar-refractivity contribution >= 4 is 22.4 Å². The van der Waals surface area contributed by atoms with Gasteiger partial charge in [0.05, 0.1) is 18.9 Å². The zero-order valence-corrected chi connectivity index (χ0v) is 19.0. The van der Waals surface area contributed by atoms with Gasteiger partial charge in [0.2, 0.25) is 0 Å². The van der Waals surface area contributed by atoms with Crippen molar-refractivity contribution in [2.24, 2.45) is 12.2 Å². The first-order valence-corrected chi connectivity index (χ1v) is 11.0. The lowest BCUT2D eigenvalue weighted by Gasteiger charge is -2.14. The van der Waals surface area contributed by atoms with Crippen LogP contribution in [0, 0.1) is 0 Å². The predicted octanol–water partition coefficient (Wildman–Crippen LogP) is 3.96. The van der Waals surface area contributed by atoms with Gasteiger partial charge in [-0.25, -0.2) is 0 Å². The fourth-order valence-electron chi connectivity index (χ4n) is 3.60. The van der Waals surface area contributed by atoms with Gasteiger partial charge in [0, 0.05) is 31.4 Å². The van der Waals surface area contributed by atoms with Crippen LogP contribution in [0.1, 0.15) is 24.5 Å². The van der Waals surface area contributed by atoms with Crippen LogP contribution in [0.2, 0.25) is 0 Å². The van der Waals surface area contributed by atoms with Crippen LogP contribution in [0.5, 0.6) is 5.88 Å². The summed E-state index contributed by atoms with van der Waals surface area (Å²) in [5, 5.41) is 9.52. The van der Waals surface area contributed by atoms with E-state index >= 15 is 0 Å². The smallest absolute Gasteiger partial charge is 0.258 e. The summed E-state index contributed by atoms with van der Waals surface area (Å²) in [5.41, 5.74) is 3.85. The van der Waals surface area contributed by atoms with Gasteiger partial charge in [-0.15, -0.1) is 0 Å².